The predicted octanol–water partition coefficient (Wildman–Crippen LogP) is 3.35. The molecule has 0 heterocycles. The molecule has 0 amide bonds. The van der Waals surface area contributed by atoms with Crippen LogP contribution in [0.2, 0.25) is 5.02 Å². The van der Waals surface area contributed by atoms with Crippen molar-refractivity contribution in [2.75, 3.05) is 5.73 Å². The molecule has 3 heteroatoms. The molecule has 0 aliphatic carbocycles. The lowest BCUT2D eigenvalue weighted by Gasteiger charge is -2.19. The van der Waals surface area contributed by atoms with Gasteiger partial charge < -0.3 is 10.5 Å². The zero-order chi connectivity index (χ0) is 10.7. The van der Waals surface area contributed by atoms with E-state index in [-0.39, 0.29) is 6.10 Å². The monoisotopic (exact) mass is 213 g/mol. The van der Waals surface area contributed by atoms with E-state index >= 15 is 0 Å². The molecule has 1 unspecified atom stereocenters. The van der Waals surface area contributed by atoms with E-state index in [1.165, 1.54) is 0 Å². The van der Waals surface area contributed by atoms with Gasteiger partial charge in [0.25, 0.3) is 0 Å². The molecule has 0 aliphatic rings. The average Bonchev–Trinajstić information content (AvgIpc) is 2.11. The van der Waals surface area contributed by atoms with Crippen LogP contribution in [0.3, 0.4) is 0 Å². The van der Waals surface area contributed by atoms with Gasteiger partial charge >= 0.3 is 0 Å². The molecule has 1 aromatic rings. The van der Waals surface area contributed by atoms with Gasteiger partial charge in [-0.05, 0) is 25.0 Å². The van der Waals surface area contributed by atoms with Crippen molar-refractivity contribution in [2.45, 2.75) is 26.9 Å². The summed E-state index contributed by atoms with van der Waals surface area (Å²) in [5, 5.41) is 0.567. The quantitative estimate of drug-likeness (QED) is 0.782. The van der Waals surface area contributed by atoms with E-state index in [0.29, 0.717) is 22.4 Å². The molecule has 2 nitrogen and oxygen atoms in total. The highest BCUT2D eigenvalue weighted by Gasteiger charge is 2.12. The van der Waals surface area contributed by atoms with Gasteiger partial charge in [-0.2, -0.15) is 0 Å². The largest absolute Gasteiger partial charge is 0.487 e. The zero-order valence-corrected chi connectivity index (χ0v) is 9.51. The maximum absolute atomic E-state index is 5.97. The van der Waals surface area contributed by atoms with Crippen LogP contribution in [0.15, 0.2) is 18.2 Å². The number of hydrogen-bond donors (Lipinski definition) is 1. The van der Waals surface area contributed by atoms with Gasteiger partial charge in [0, 0.05) is 0 Å². The van der Waals surface area contributed by atoms with E-state index < -0.39 is 0 Å². The summed E-state index contributed by atoms with van der Waals surface area (Å²) >= 11 is 5.97. The molecular weight excluding hydrogens is 198 g/mol. The van der Waals surface area contributed by atoms with E-state index in [1.807, 2.05) is 13.0 Å². The van der Waals surface area contributed by atoms with Crippen LogP contribution in [0.5, 0.6) is 5.75 Å². The Labute approximate surface area is 90.0 Å². The summed E-state index contributed by atoms with van der Waals surface area (Å²) in [6.07, 6.45) is 0.109. The zero-order valence-electron chi connectivity index (χ0n) is 8.75. The van der Waals surface area contributed by atoms with Crippen LogP contribution in [-0.2, 0) is 0 Å². The van der Waals surface area contributed by atoms with Gasteiger partial charge in [0.15, 0.2) is 5.75 Å². The Balaban J connectivity index is 2.85. The van der Waals surface area contributed by atoms with Gasteiger partial charge in [-0.1, -0.05) is 31.5 Å². The first-order valence-electron chi connectivity index (χ1n) is 4.73. The van der Waals surface area contributed by atoms with Crippen LogP contribution in [0.4, 0.5) is 5.69 Å². The van der Waals surface area contributed by atoms with Crippen molar-refractivity contribution in [2.24, 2.45) is 5.92 Å². The van der Waals surface area contributed by atoms with Crippen LogP contribution in [0.1, 0.15) is 20.8 Å². The highest BCUT2D eigenvalue weighted by molar-refractivity contribution is 6.32. The maximum Gasteiger partial charge on any atom is 0.161 e. The third-order valence-electron chi connectivity index (χ3n) is 2.24. The summed E-state index contributed by atoms with van der Waals surface area (Å²) in [7, 11) is 0. The lowest BCUT2D eigenvalue weighted by molar-refractivity contribution is 0.171. The number of hydrogen-bond acceptors (Lipinski definition) is 2. The van der Waals surface area contributed by atoms with E-state index in [1.54, 1.807) is 12.1 Å². The Kier molecular flexibility index (Phi) is 3.64. The van der Waals surface area contributed by atoms with Gasteiger partial charge in [0.1, 0.15) is 0 Å². The highest BCUT2D eigenvalue weighted by Crippen LogP contribution is 2.32. The van der Waals surface area contributed by atoms with E-state index in [4.69, 9.17) is 22.1 Å². The topological polar surface area (TPSA) is 35.2 Å². The molecule has 1 aromatic carbocycles. The normalized spacial score (nSPS) is 12.9. The van der Waals surface area contributed by atoms with Crippen molar-refractivity contribution in [1.29, 1.82) is 0 Å². The van der Waals surface area contributed by atoms with Gasteiger partial charge in [-0.3, -0.25) is 0 Å². The van der Waals surface area contributed by atoms with Gasteiger partial charge in [0.05, 0.1) is 16.8 Å². The van der Waals surface area contributed by atoms with Crippen LogP contribution in [-0.4, -0.2) is 6.10 Å². The molecule has 0 radical (unpaired) electrons. The smallest absolute Gasteiger partial charge is 0.161 e. The minimum Gasteiger partial charge on any atom is -0.487 e. The number of anilines is 1. The van der Waals surface area contributed by atoms with Gasteiger partial charge in [-0.25, -0.2) is 0 Å². The minimum absolute atomic E-state index is 0.109. The van der Waals surface area contributed by atoms with Crippen molar-refractivity contribution in [3.05, 3.63) is 23.2 Å². The molecule has 0 saturated carbocycles. The number of halogens is 1. The Morgan fingerprint density at radius 1 is 1.29 bits per heavy atom. The molecule has 0 bridgehead atoms. The lowest BCUT2D eigenvalue weighted by atomic mass is 10.1. The molecule has 0 spiro atoms. The summed E-state index contributed by atoms with van der Waals surface area (Å²) in [6, 6.07) is 5.37. The summed E-state index contributed by atoms with van der Waals surface area (Å²) in [5.74, 6) is 1.03. The Morgan fingerprint density at radius 3 is 2.43 bits per heavy atom. The summed E-state index contributed by atoms with van der Waals surface area (Å²) in [4.78, 5) is 0. The van der Waals surface area contributed by atoms with E-state index in [9.17, 15) is 0 Å². The van der Waals surface area contributed by atoms with Gasteiger partial charge in [-0.15, -0.1) is 0 Å². The van der Waals surface area contributed by atoms with Crippen LogP contribution < -0.4 is 10.5 Å². The van der Waals surface area contributed by atoms with Crippen molar-refractivity contribution >= 4 is 17.3 Å². The third kappa shape index (κ3) is 2.55. The summed E-state index contributed by atoms with van der Waals surface area (Å²) < 4.78 is 5.68. The number of rotatable bonds is 3. The first-order valence-corrected chi connectivity index (χ1v) is 5.10. The van der Waals surface area contributed by atoms with E-state index in [2.05, 4.69) is 13.8 Å². The van der Waals surface area contributed by atoms with Gasteiger partial charge in [0.2, 0.25) is 0 Å². The highest BCUT2D eigenvalue weighted by atomic mass is 35.5. The molecule has 14 heavy (non-hydrogen) atoms. The molecule has 0 saturated heterocycles. The second-order valence-electron chi connectivity index (χ2n) is 3.73. The molecule has 0 aromatic heterocycles. The van der Waals surface area contributed by atoms with Crippen molar-refractivity contribution in [3.63, 3.8) is 0 Å². The van der Waals surface area contributed by atoms with Crippen LogP contribution in [0, 0.1) is 5.92 Å². The van der Waals surface area contributed by atoms with E-state index in [0.717, 1.165) is 0 Å². The number of benzene rings is 1. The fourth-order valence-corrected chi connectivity index (χ4v) is 1.20. The first-order chi connectivity index (χ1) is 6.52. The molecule has 2 N–H and O–H groups in total. The minimum atomic E-state index is 0.109. The molecule has 78 valence electrons. The lowest BCUT2D eigenvalue weighted by Crippen LogP contribution is -2.19. The van der Waals surface area contributed by atoms with Crippen LogP contribution in [0.25, 0.3) is 0 Å². The number of nitrogens with two attached hydrogens (primary N) is 1. The average molecular weight is 214 g/mol. The summed E-state index contributed by atoms with van der Waals surface area (Å²) in [6.45, 7) is 6.20. The maximum atomic E-state index is 5.97. The third-order valence-corrected chi connectivity index (χ3v) is 2.54. The predicted molar refractivity (Wildman–Crippen MR) is 60.8 cm³/mol. The molecule has 1 rings (SSSR count). The second-order valence-corrected chi connectivity index (χ2v) is 4.13. The number of ether oxygens (including phenoxy) is 1. The SMILES string of the molecule is CC(C)C(C)Oc1c(N)cccc1Cl. The molecule has 0 aliphatic heterocycles. The molecule has 0 fully saturated rings. The fourth-order valence-electron chi connectivity index (χ4n) is 0.972. The molecule has 1 atom stereocenters. The van der Waals surface area contributed by atoms with Crippen molar-refractivity contribution in [1.82, 2.24) is 0 Å². The van der Waals surface area contributed by atoms with Crippen LogP contribution >= 0.6 is 11.6 Å². The number of para-hydroxylation sites is 1. The Hall–Kier alpha value is -0.890. The summed E-state index contributed by atoms with van der Waals surface area (Å²) in [5.41, 5.74) is 6.35. The Bertz CT molecular complexity index is 292. The second kappa shape index (κ2) is 4.56. The standard InChI is InChI=1S/C11H16ClNO/c1-7(2)8(3)14-11-9(12)5-4-6-10(11)13/h4-8H,13H2,1-3H3. The fraction of sp³-hybridized carbons (Fsp3) is 0.455. The molecular formula is C11H16ClNO. The van der Waals surface area contributed by atoms with Crippen molar-refractivity contribution in [3.8, 4) is 5.75 Å². The Morgan fingerprint density at radius 2 is 1.93 bits per heavy atom. The number of nitrogen functional groups attached to an aromatic ring is 1. The first kappa shape index (κ1) is 11.2. The van der Waals surface area contributed by atoms with Crippen molar-refractivity contribution < 1.29 is 4.74 Å².